The number of halogens is 2. The fraction of sp³-hybridized carbons (Fsp3) is 0.286. The van der Waals surface area contributed by atoms with Crippen LogP contribution in [0, 0.1) is 0 Å². The Morgan fingerprint density at radius 1 is 1.05 bits per heavy atom. The molecule has 2 rings (SSSR count). The molecule has 1 aromatic carbocycles. The zero-order valence-corrected chi connectivity index (χ0v) is 12.8. The third-order valence-electron chi connectivity index (χ3n) is 2.86. The van der Waals surface area contributed by atoms with Gasteiger partial charge in [0.2, 0.25) is 0 Å². The van der Waals surface area contributed by atoms with E-state index in [1.807, 2.05) is 0 Å². The molecule has 20 heavy (non-hydrogen) atoms. The highest BCUT2D eigenvalue weighted by Gasteiger charge is 2.22. The van der Waals surface area contributed by atoms with Gasteiger partial charge >= 0.3 is 5.69 Å². The fourth-order valence-electron chi connectivity index (χ4n) is 1.99. The van der Waals surface area contributed by atoms with Gasteiger partial charge in [0.1, 0.15) is 5.15 Å². The number of H-pyrrole nitrogens is 1. The maximum Gasteiger partial charge on any atom is 0.330 e. The minimum atomic E-state index is -0.642. The molecule has 0 aliphatic carbocycles. The highest BCUT2D eigenvalue weighted by Crippen LogP contribution is 2.24. The van der Waals surface area contributed by atoms with Crippen LogP contribution in [0.1, 0.15) is 20.8 Å². The minimum absolute atomic E-state index is 0.0304. The van der Waals surface area contributed by atoms with Gasteiger partial charge in [-0.2, -0.15) is 0 Å². The molecule has 0 saturated carbocycles. The van der Waals surface area contributed by atoms with E-state index in [1.165, 1.54) is 0 Å². The summed E-state index contributed by atoms with van der Waals surface area (Å²) in [5, 5.41) is 0.591. The van der Waals surface area contributed by atoms with E-state index in [-0.39, 0.29) is 10.7 Å². The van der Waals surface area contributed by atoms with Gasteiger partial charge in [0.25, 0.3) is 5.56 Å². The molecule has 0 fully saturated rings. The summed E-state index contributed by atoms with van der Waals surface area (Å²) in [7, 11) is 0. The summed E-state index contributed by atoms with van der Waals surface area (Å²) in [6, 6.07) is 6.71. The van der Waals surface area contributed by atoms with Crippen LogP contribution in [0.2, 0.25) is 10.2 Å². The lowest BCUT2D eigenvalue weighted by molar-refractivity contribution is 0.367. The summed E-state index contributed by atoms with van der Waals surface area (Å²) in [5.74, 6) is 0. The lowest BCUT2D eigenvalue weighted by Gasteiger charge is -2.22. The maximum atomic E-state index is 12.6. The lowest BCUT2D eigenvalue weighted by atomic mass is 10.1. The fourth-order valence-corrected chi connectivity index (χ4v) is 2.38. The summed E-state index contributed by atoms with van der Waals surface area (Å²) in [4.78, 5) is 27.0. The number of rotatable bonds is 1. The van der Waals surface area contributed by atoms with Crippen LogP contribution < -0.4 is 11.2 Å². The molecule has 106 valence electrons. The third-order valence-corrected chi connectivity index (χ3v) is 3.40. The average Bonchev–Trinajstić information content (AvgIpc) is 2.28. The van der Waals surface area contributed by atoms with E-state index in [0.717, 1.165) is 4.57 Å². The Morgan fingerprint density at radius 2 is 1.60 bits per heavy atom. The monoisotopic (exact) mass is 312 g/mol. The first kappa shape index (κ1) is 14.9. The summed E-state index contributed by atoms with van der Waals surface area (Å²) in [6.45, 7) is 5.34. The zero-order valence-electron chi connectivity index (χ0n) is 11.3. The molecule has 0 unspecified atom stereocenters. The van der Waals surface area contributed by atoms with Gasteiger partial charge in [-0.1, -0.05) is 35.3 Å². The van der Waals surface area contributed by atoms with Crippen molar-refractivity contribution in [2.45, 2.75) is 26.3 Å². The molecular formula is C14H14Cl2N2O2. The Kier molecular flexibility index (Phi) is 3.80. The molecule has 2 aromatic rings. The van der Waals surface area contributed by atoms with E-state index in [1.54, 1.807) is 45.0 Å². The normalized spacial score (nSPS) is 11.7. The summed E-state index contributed by atoms with van der Waals surface area (Å²) >= 11 is 11.9. The molecule has 0 spiro atoms. The van der Waals surface area contributed by atoms with E-state index in [0.29, 0.717) is 10.6 Å². The van der Waals surface area contributed by atoms with Crippen molar-refractivity contribution in [1.29, 1.82) is 0 Å². The second-order valence-corrected chi connectivity index (χ2v) is 6.25. The van der Waals surface area contributed by atoms with Crippen molar-refractivity contribution in [1.82, 2.24) is 9.55 Å². The van der Waals surface area contributed by atoms with Crippen molar-refractivity contribution in [3.8, 4) is 11.1 Å². The molecule has 4 nitrogen and oxygen atoms in total. The Hall–Kier alpha value is -1.52. The topological polar surface area (TPSA) is 54.9 Å². The van der Waals surface area contributed by atoms with E-state index in [2.05, 4.69) is 4.98 Å². The number of nitrogens with one attached hydrogen (secondary N) is 1. The summed E-state index contributed by atoms with van der Waals surface area (Å²) in [6.07, 6.45) is 0. The van der Waals surface area contributed by atoms with E-state index in [4.69, 9.17) is 23.2 Å². The van der Waals surface area contributed by atoms with Crippen molar-refractivity contribution < 1.29 is 0 Å². The predicted octanol–water partition coefficient (Wildman–Crippen LogP) is 3.27. The maximum absolute atomic E-state index is 12.6. The quantitative estimate of drug-likeness (QED) is 0.822. The van der Waals surface area contributed by atoms with E-state index >= 15 is 0 Å². The number of hydrogen-bond acceptors (Lipinski definition) is 2. The number of hydrogen-bond donors (Lipinski definition) is 1. The highest BCUT2D eigenvalue weighted by molar-refractivity contribution is 6.32. The first-order chi connectivity index (χ1) is 9.21. The largest absolute Gasteiger partial charge is 0.330 e. The standard InChI is InChI=1S/C14H14Cl2N2O2/c1-14(2,3)18-12(19)10(11(16)17-13(18)20)8-4-6-9(15)7-5-8/h4-7H,1-3H3,(H,17,20). The summed E-state index contributed by atoms with van der Waals surface area (Å²) < 4.78 is 1.16. The molecule has 1 N–H and O–H groups in total. The Morgan fingerprint density at radius 3 is 2.10 bits per heavy atom. The van der Waals surface area contributed by atoms with Crippen LogP contribution >= 0.6 is 23.2 Å². The molecule has 0 aliphatic heterocycles. The van der Waals surface area contributed by atoms with Gasteiger partial charge < -0.3 is 0 Å². The SMILES string of the molecule is CC(C)(C)n1c(=O)[nH]c(Cl)c(-c2ccc(Cl)cc2)c1=O. The number of aromatic nitrogens is 2. The van der Waals surface area contributed by atoms with E-state index in [9.17, 15) is 9.59 Å². The van der Waals surface area contributed by atoms with Crippen molar-refractivity contribution in [2.24, 2.45) is 0 Å². The molecule has 1 aromatic heterocycles. The lowest BCUT2D eigenvalue weighted by Crippen LogP contribution is -2.45. The van der Waals surface area contributed by atoms with Gasteiger partial charge in [0, 0.05) is 10.6 Å². The molecule has 0 aliphatic rings. The van der Waals surface area contributed by atoms with Crippen molar-refractivity contribution >= 4 is 23.2 Å². The molecule has 0 atom stereocenters. The molecule has 0 saturated heterocycles. The second kappa shape index (κ2) is 5.11. The van der Waals surface area contributed by atoms with Crippen LogP contribution in [0.15, 0.2) is 33.9 Å². The molecule has 0 bridgehead atoms. The van der Waals surface area contributed by atoms with Gasteiger partial charge in [0.05, 0.1) is 5.56 Å². The van der Waals surface area contributed by atoms with Crippen LogP contribution in [0.5, 0.6) is 0 Å². The third kappa shape index (κ3) is 2.67. The van der Waals surface area contributed by atoms with Crippen LogP contribution in [-0.4, -0.2) is 9.55 Å². The van der Waals surface area contributed by atoms with Crippen LogP contribution in [0.3, 0.4) is 0 Å². The minimum Gasteiger partial charge on any atom is -0.297 e. The van der Waals surface area contributed by atoms with Gasteiger partial charge in [-0.15, -0.1) is 0 Å². The van der Waals surface area contributed by atoms with Crippen LogP contribution in [0.4, 0.5) is 0 Å². The van der Waals surface area contributed by atoms with Crippen molar-refractivity contribution in [3.05, 3.63) is 55.3 Å². The Labute approximate surface area is 126 Å². The van der Waals surface area contributed by atoms with Crippen LogP contribution in [-0.2, 0) is 5.54 Å². The number of benzene rings is 1. The van der Waals surface area contributed by atoms with Gasteiger partial charge in [0.15, 0.2) is 0 Å². The smallest absolute Gasteiger partial charge is 0.297 e. The van der Waals surface area contributed by atoms with Gasteiger partial charge in [-0.05, 0) is 38.5 Å². The number of nitrogens with zero attached hydrogens (tertiary/aromatic N) is 1. The Bertz CT molecular complexity index is 753. The van der Waals surface area contributed by atoms with Crippen LogP contribution in [0.25, 0.3) is 11.1 Å². The second-order valence-electron chi connectivity index (χ2n) is 5.44. The first-order valence-electron chi connectivity index (χ1n) is 6.03. The van der Waals surface area contributed by atoms with Gasteiger partial charge in [-0.25, -0.2) is 4.79 Å². The van der Waals surface area contributed by atoms with Crippen molar-refractivity contribution in [2.75, 3.05) is 0 Å². The van der Waals surface area contributed by atoms with E-state index < -0.39 is 16.8 Å². The molecule has 6 heteroatoms. The first-order valence-corrected chi connectivity index (χ1v) is 6.78. The molecule has 0 radical (unpaired) electrons. The molecule has 0 amide bonds. The summed E-state index contributed by atoms with van der Waals surface area (Å²) in [5.41, 5.74) is -0.716. The molecule has 1 heterocycles. The predicted molar refractivity (Wildman–Crippen MR) is 81.8 cm³/mol. The van der Waals surface area contributed by atoms with Crippen molar-refractivity contribution in [3.63, 3.8) is 0 Å². The zero-order chi connectivity index (χ0) is 15.1. The highest BCUT2D eigenvalue weighted by atomic mass is 35.5. The van der Waals surface area contributed by atoms with Gasteiger partial charge in [-0.3, -0.25) is 14.3 Å². The molecular weight excluding hydrogens is 299 g/mol. The average molecular weight is 313 g/mol. The number of aromatic amines is 1. The Balaban J connectivity index is 2.81.